The molecule has 0 radical (unpaired) electrons. The zero-order chi connectivity index (χ0) is 24.5. The molecule has 0 aliphatic carbocycles. The van der Waals surface area contributed by atoms with Gasteiger partial charge in [-0.15, -0.1) is 11.3 Å². The van der Waals surface area contributed by atoms with Gasteiger partial charge in [-0.3, -0.25) is 19.3 Å². The van der Waals surface area contributed by atoms with E-state index in [0.717, 1.165) is 23.4 Å². The Hall–Kier alpha value is -3.78. The molecule has 1 aromatic heterocycles. The molecule has 3 aromatic rings. The SMILES string of the molecule is CCCN(CC(=O)Nc1ccccc1C)C(=O)/C=C/c1csc(N(C(C)=O)c2ccccc2)n1. The van der Waals surface area contributed by atoms with Crippen LogP contribution in [0, 0.1) is 6.92 Å². The first-order valence-corrected chi connectivity index (χ1v) is 11.9. The topological polar surface area (TPSA) is 82.6 Å². The lowest BCUT2D eigenvalue weighted by molar-refractivity contribution is -0.130. The van der Waals surface area contributed by atoms with Crippen molar-refractivity contribution in [2.45, 2.75) is 27.2 Å². The molecule has 3 rings (SSSR count). The Morgan fingerprint density at radius 2 is 1.76 bits per heavy atom. The molecule has 0 aliphatic heterocycles. The smallest absolute Gasteiger partial charge is 0.247 e. The number of hydrogen-bond acceptors (Lipinski definition) is 5. The summed E-state index contributed by atoms with van der Waals surface area (Å²) in [6, 6.07) is 16.8. The van der Waals surface area contributed by atoms with Gasteiger partial charge in [-0.25, -0.2) is 4.98 Å². The van der Waals surface area contributed by atoms with Crippen molar-refractivity contribution in [1.82, 2.24) is 9.88 Å². The first-order valence-electron chi connectivity index (χ1n) is 11.0. The second-order valence-corrected chi connectivity index (χ2v) is 8.54. The minimum Gasteiger partial charge on any atom is -0.330 e. The van der Waals surface area contributed by atoms with E-state index in [0.29, 0.717) is 17.4 Å². The lowest BCUT2D eigenvalue weighted by atomic mass is 10.2. The predicted octanol–water partition coefficient (Wildman–Crippen LogP) is 5.03. The third-order valence-corrected chi connectivity index (χ3v) is 5.83. The zero-order valence-electron chi connectivity index (χ0n) is 19.5. The van der Waals surface area contributed by atoms with Gasteiger partial charge in [-0.1, -0.05) is 43.3 Å². The zero-order valence-corrected chi connectivity index (χ0v) is 20.3. The number of nitrogens with zero attached hydrogens (tertiary/aromatic N) is 3. The highest BCUT2D eigenvalue weighted by Gasteiger charge is 2.18. The van der Waals surface area contributed by atoms with Crippen molar-refractivity contribution < 1.29 is 14.4 Å². The lowest BCUT2D eigenvalue weighted by Gasteiger charge is -2.20. The Bertz CT molecular complexity index is 1170. The molecular weight excluding hydrogens is 448 g/mol. The number of aromatic nitrogens is 1. The van der Waals surface area contributed by atoms with Gasteiger partial charge in [0.05, 0.1) is 11.4 Å². The molecule has 3 amide bonds. The van der Waals surface area contributed by atoms with Crippen molar-refractivity contribution in [3.05, 3.63) is 77.3 Å². The maximum Gasteiger partial charge on any atom is 0.247 e. The summed E-state index contributed by atoms with van der Waals surface area (Å²) in [5.41, 5.74) is 2.98. The van der Waals surface area contributed by atoms with Crippen LogP contribution < -0.4 is 10.2 Å². The number of carbonyl (C=O) groups is 3. The van der Waals surface area contributed by atoms with Crippen LogP contribution in [0.5, 0.6) is 0 Å². The molecule has 0 atom stereocenters. The van der Waals surface area contributed by atoms with E-state index in [1.165, 1.54) is 34.1 Å². The number of thiazole rings is 1. The number of benzene rings is 2. The molecule has 0 saturated carbocycles. The molecule has 2 aromatic carbocycles. The molecule has 0 aliphatic rings. The van der Waals surface area contributed by atoms with Gasteiger partial charge >= 0.3 is 0 Å². The van der Waals surface area contributed by atoms with Gasteiger partial charge in [0.1, 0.15) is 6.54 Å². The van der Waals surface area contributed by atoms with Crippen LogP contribution in [0.4, 0.5) is 16.5 Å². The minimum atomic E-state index is -0.275. The number of aryl methyl sites for hydroxylation is 1. The van der Waals surface area contributed by atoms with E-state index in [-0.39, 0.29) is 24.3 Å². The summed E-state index contributed by atoms with van der Waals surface area (Å²) in [6.07, 6.45) is 3.74. The van der Waals surface area contributed by atoms with Gasteiger partial charge in [-0.2, -0.15) is 0 Å². The van der Waals surface area contributed by atoms with Crippen molar-refractivity contribution in [3.63, 3.8) is 0 Å². The molecular formula is C26H28N4O3S. The summed E-state index contributed by atoms with van der Waals surface area (Å²) in [7, 11) is 0. The quantitative estimate of drug-likeness (QED) is 0.439. The Labute approximate surface area is 203 Å². The van der Waals surface area contributed by atoms with Crippen LogP contribution in [0.1, 0.15) is 31.5 Å². The largest absolute Gasteiger partial charge is 0.330 e. The van der Waals surface area contributed by atoms with E-state index in [1.54, 1.807) is 11.5 Å². The van der Waals surface area contributed by atoms with E-state index < -0.39 is 0 Å². The molecule has 0 spiro atoms. The second-order valence-electron chi connectivity index (χ2n) is 7.70. The summed E-state index contributed by atoms with van der Waals surface area (Å²) in [5, 5.41) is 5.17. The highest BCUT2D eigenvalue weighted by Crippen LogP contribution is 2.29. The highest BCUT2D eigenvalue weighted by molar-refractivity contribution is 7.14. The van der Waals surface area contributed by atoms with Crippen LogP contribution in [0.2, 0.25) is 0 Å². The van der Waals surface area contributed by atoms with E-state index in [9.17, 15) is 14.4 Å². The fourth-order valence-corrected chi connectivity index (χ4v) is 4.19. The first kappa shape index (κ1) is 24.9. The third kappa shape index (κ3) is 6.62. The van der Waals surface area contributed by atoms with Crippen LogP contribution >= 0.6 is 11.3 Å². The van der Waals surface area contributed by atoms with Crippen LogP contribution in [0.25, 0.3) is 6.08 Å². The Morgan fingerprint density at radius 3 is 2.44 bits per heavy atom. The number of hydrogen-bond donors (Lipinski definition) is 1. The number of para-hydroxylation sites is 2. The minimum absolute atomic E-state index is 0.0419. The molecule has 0 fully saturated rings. The van der Waals surface area contributed by atoms with E-state index in [4.69, 9.17) is 0 Å². The molecule has 0 unspecified atom stereocenters. The maximum atomic E-state index is 12.8. The number of carbonyl (C=O) groups excluding carboxylic acids is 3. The van der Waals surface area contributed by atoms with Crippen LogP contribution in [0.3, 0.4) is 0 Å². The van der Waals surface area contributed by atoms with E-state index in [2.05, 4.69) is 10.3 Å². The molecule has 7 nitrogen and oxygen atoms in total. The second kappa shape index (κ2) is 11.9. The molecule has 8 heteroatoms. The Morgan fingerprint density at radius 1 is 1.06 bits per heavy atom. The van der Waals surface area contributed by atoms with Gasteiger partial charge in [0.25, 0.3) is 0 Å². The maximum absolute atomic E-state index is 12.8. The molecule has 176 valence electrons. The number of anilines is 3. The summed E-state index contributed by atoms with van der Waals surface area (Å²) in [6.45, 7) is 5.77. The van der Waals surface area contributed by atoms with Gasteiger partial charge in [0, 0.05) is 30.6 Å². The average Bonchev–Trinajstić information content (AvgIpc) is 3.27. The third-order valence-electron chi connectivity index (χ3n) is 4.99. The van der Waals surface area contributed by atoms with Gasteiger partial charge < -0.3 is 10.2 Å². The predicted molar refractivity (Wildman–Crippen MR) is 137 cm³/mol. The Kier molecular flexibility index (Phi) is 8.70. The fraction of sp³-hybridized carbons (Fsp3) is 0.231. The van der Waals surface area contributed by atoms with Crippen LogP contribution in [-0.4, -0.2) is 40.7 Å². The summed E-state index contributed by atoms with van der Waals surface area (Å²) < 4.78 is 0. The van der Waals surface area contributed by atoms with Crippen molar-refractivity contribution >= 4 is 51.6 Å². The monoisotopic (exact) mass is 476 g/mol. The molecule has 0 saturated heterocycles. The molecule has 0 bridgehead atoms. The highest BCUT2D eigenvalue weighted by atomic mass is 32.1. The number of amides is 3. The summed E-state index contributed by atoms with van der Waals surface area (Å²) in [5.74, 6) is -0.677. The molecule has 1 heterocycles. The van der Waals surface area contributed by atoms with E-state index in [1.807, 2.05) is 68.4 Å². The Balaban J connectivity index is 1.68. The fourth-order valence-electron chi connectivity index (χ4n) is 3.33. The van der Waals surface area contributed by atoms with Gasteiger partial charge in [0.15, 0.2) is 5.13 Å². The van der Waals surface area contributed by atoms with Crippen molar-refractivity contribution in [2.75, 3.05) is 23.3 Å². The van der Waals surface area contributed by atoms with Gasteiger partial charge in [0.2, 0.25) is 17.7 Å². The number of rotatable bonds is 9. The molecule has 34 heavy (non-hydrogen) atoms. The molecule has 1 N–H and O–H groups in total. The standard InChI is InChI=1S/C26H28N4O3S/c1-4-16-29(17-24(32)28-23-13-9-8-10-19(23)2)25(33)15-14-21-18-34-26(27-21)30(20(3)31)22-11-6-5-7-12-22/h5-15,18H,4,16-17H2,1-3H3,(H,28,32)/b15-14+. The van der Waals surface area contributed by atoms with Gasteiger partial charge in [-0.05, 0) is 43.2 Å². The van der Waals surface area contributed by atoms with Crippen molar-refractivity contribution in [1.29, 1.82) is 0 Å². The van der Waals surface area contributed by atoms with Crippen LogP contribution in [-0.2, 0) is 14.4 Å². The normalized spacial score (nSPS) is 10.8. The average molecular weight is 477 g/mol. The first-order chi connectivity index (χ1) is 16.4. The van der Waals surface area contributed by atoms with Crippen molar-refractivity contribution in [2.24, 2.45) is 0 Å². The van der Waals surface area contributed by atoms with Crippen molar-refractivity contribution in [3.8, 4) is 0 Å². The van der Waals surface area contributed by atoms with E-state index >= 15 is 0 Å². The summed E-state index contributed by atoms with van der Waals surface area (Å²) >= 11 is 1.32. The lowest BCUT2D eigenvalue weighted by Crippen LogP contribution is -2.37. The van der Waals surface area contributed by atoms with Crippen LogP contribution in [0.15, 0.2) is 66.1 Å². The number of nitrogens with one attached hydrogen (secondary N) is 1. The summed E-state index contributed by atoms with van der Waals surface area (Å²) in [4.78, 5) is 45.1.